The van der Waals surface area contributed by atoms with Gasteiger partial charge in [-0.1, -0.05) is 12.1 Å². The Balaban J connectivity index is 2.48. The highest BCUT2D eigenvalue weighted by atomic mass is 79.9. The minimum Gasteiger partial charge on any atom is -0.398 e. The molecule has 0 aliphatic rings. The maximum atomic E-state index is 12.4. The standard InChI is InChI=1S/C14H12BrN3O2S/c1-9-6-11(15)13(7-12(9)17)18-21(19,20)14-5-3-2-4-10(14)8-16/h2-7,18H,17H2,1H3. The van der Waals surface area contributed by atoms with Crippen molar-refractivity contribution in [1.82, 2.24) is 0 Å². The van der Waals surface area contributed by atoms with Crippen LogP contribution in [0.25, 0.3) is 0 Å². The van der Waals surface area contributed by atoms with Gasteiger partial charge in [-0.2, -0.15) is 5.26 Å². The van der Waals surface area contributed by atoms with E-state index in [1.54, 1.807) is 18.2 Å². The lowest BCUT2D eigenvalue weighted by Crippen LogP contribution is -2.15. The van der Waals surface area contributed by atoms with Crippen molar-refractivity contribution in [3.05, 3.63) is 52.0 Å². The van der Waals surface area contributed by atoms with E-state index in [1.165, 1.54) is 18.2 Å². The van der Waals surface area contributed by atoms with Crippen LogP contribution in [0.5, 0.6) is 0 Å². The Labute approximate surface area is 131 Å². The first-order chi connectivity index (χ1) is 9.85. The Bertz CT molecular complexity index is 842. The van der Waals surface area contributed by atoms with E-state index in [0.29, 0.717) is 15.8 Å². The number of nitrogens with zero attached hydrogens (tertiary/aromatic N) is 1. The number of nitrogens with two attached hydrogens (primary N) is 1. The molecule has 0 saturated heterocycles. The van der Waals surface area contributed by atoms with Gasteiger partial charge in [0.25, 0.3) is 10.0 Å². The molecule has 108 valence electrons. The average Bonchev–Trinajstić information content (AvgIpc) is 2.44. The van der Waals surface area contributed by atoms with Crippen molar-refractivity contribution in [2.45, 2.75) is 11.8 Å². The number of benzene rings is 2. The highest BCUT2D eigenvalue weighted by Gasteiger charge is 2.19. The Kier molecular flexibility index (Phi) is 4.21. The second kappa shape index (κ2) is 5.76. The molecule has 2 aromatic rings. The average molecular weight is 366 g/mol. The van der Waals surface area contributed by atoms with Crippen molar-refractivity contribution in [3.8, 4) is 6.07 Å². The number of halogens is 1. The summed E-state index contributed by atoms with van der Waals surface area (Å²) in [6.45, 7) is 1.82. The molecule has 3 N–H and O–H groups in total. The summed E-state index contributed by atoms with van der Waals surface area (Å²) in [7, 11) is -3.87. The van der Waals surface area contributed by atoms with Crippen molar-refractivity contribution >= 4 is 37.3 Å². The molecule has 0 aliphatic carbocycles. The third kappa shape index (κ3) is 3.17. The van der Waals surface area contributed by atoms with Gasteiger partial charge in [0, 0.05) is 10.2 Å². The molecule has 0 heterocycles. The Morgan fingerprint density at radius 3 is 2.62 bits per heavy atom. The lowest BCUT2D eigenvalue weighted by molar-refractivity contribution is 0.601. The zero-order valence-corrected chi connectivity index (χ0v) is 13.5. The highest BCUT2D eigenvalue weighted by Crippen LogP contribution is 2.30. The Morgan fingerprint density at radius 2 is 1.95 bits per heavy atom. The van der Waals surface area contributed by atoms with Gasteiger partial charge in [0.05, 0.1) is 11.3 Å². The van der Waals surface area contributed by atoms with Crippen LogP contribution in [-0.4, -0.2) is 8.42 Å². The minimum absolute atomic E-state index is 0.0708. The van der Waals surface area contributed by atoms with Crippen molar-refractivity contribution in [2.75, 3.05) is 10.5 Å². The van der Waals surface area contributed by atoms with Gasteiger partial charge in [-0.3, -0.25) is 4.72 Å². The lowest BCUT2D eigenvalue weighted by Gasteiger charge is -2.12. The maximum absolute atomic E-state index is 12.4. The van der Waals surface area contributed by atoms with Gasteiger partial charge in [0.15, 0.2) is 0 Å². The molecule has 2 rings (SSSR count). The monoisotopic (exact) mass is 365 g/mol. The SMILES string of the molecule is Cc1cc(Br)c(NS(=O)(=O)c2ccccc2C#N)cc1N. The van der Waals surface area contributed by atoms with Crippen LogP contribution in [0.1, 0.15) is 11.1 Å². The molecular weight excluding hydrogens is 354 g/mol. The van der Waals surface area contributed by atoms with Crippen LogP contribution in [0, 0.1) is 18.3 Å². The number of nitriles is 1. The summed E-state index contributed by atoms with van der Waals surface area (Å²) in [5.41, 5.74) is 7.52. The van der Waals surface area contributed by atoms with Gasteiger partial charge >= 0.3 is 0 Å². The topological polar surface area (TPSA) is 96.0 Å². The molecule has 0 spiro atoms. The summed E-state index contributed by atoms with van der Waals surface area (Å²) < 4.78 is 27.8. The van der Waals surface area contributed by atoms with Gasteiger partial charge in [-0.05, 0) is 52.7 Å². The molecule has 0 radical (unpaired) electrons. The largest absolute Gasteiger partial charge is 0.398 e. The maximum Gasteiger partial charge on any atom is 0.263 e. The van der Waals surface area contributed by atoms with E-state index in [9.17, 15) is 8.42 Å². The van der Waals surface area contributed by atoms with E-state index in [0.717, 1.165) is 5.56 Å². The molecule has 5 nitrogen and oxygen atoms in total. The fourth-order valence-corrected chi connectivity index (χ4v) is 3.68. The van der Waals surface area contributed by atoms with Gasteiger partial charge in [0.1, 0.15) is 11.0 Å². The predicted molar refractivity (Wildman–Crippen MR) is 85.3 cm³/mol. The first-order valence-corrected chi connectivity index (χ1v) is 8.20. The molecule has 0 bridgehead atoms. The molecule has 0 saturated carbocycles. The first-order valence-electron chi connectivity index (χ1n) is 5.92. The number of aryl methyl sites for hydroxylation is 1. The van der Waals surface area contributed by atoms with Gasteiger partial charge in [0.2, 0.25) is 0 Å². The summed E-state index contributed by atoms with van der Waals surface area (Å²) in [6.07, 6.45) is 0. The number of rotatable bonds is 3. The third-order valence-electron chi connectivity index (χ3n) is 2.90. The summed E-state index contributed by atoms with van der Waals surface area (Å²) in [4.78, 5) is -0.0708. The fourth-order valence-electron chi connectivity index (χ4n) is 1.76. The molecular formula is C14H12BrN3O2S. The van der Waals surface area contributed by atoms with E-state index >= 15 is 0 Å². The predicted octanol–water partition coefficient (Wildman–Crippen LogP) is 3.01. The highest BCUT2D eigenvalue weighted by molar-refractivity contribution is 9.10. The van der Waals surface area contributed by atoms with Crippen LogP contribution in [0.15, 0.2) is 45.8 Å². The Hall–Kier alpha value is -2.04. The van der Waals surface area contributed by atoms with E-state index in [-0.39, 0.29) is 10.5 Å². The van der Waals surface area contributed by atoms with E-state index in [1.807, 2.05) is 13.0 Å². The molecule has 0 aromatic heterocycles. The van der Waals surface area contributed by atoms with Gasteiger partial charge in [-0.25, -0.2) is 8.42 Å². The molecule has 21 heavy (non-hydrogen) atoms. The summed E-state index contributed by atoms with van der Waals surface area (Å²) in [5, 5.41) is 9.01. The van der Waals surface area contributed by atoms with Crippen molar-refractivity contribution in [1.29, 1.82) is 5.26 Å². The van der Waals surface area contributed by atoms with Gasteiger partial charge < -0.3 is 5.73 Å². The molecule has 7 heteroatoms. The quantitative estimate of drug-likeness (QED) is 0.817. The van der Waals surface area contributed by atoms with Crippen LogP contribution >= 0.6 is 15.9 Å². The van der Waals surface area contributed by atoms with Crippen LogP contribution in [-0.2, 0) is 10.0 Å². The second-order valence-corrected chi connectivity index (χ2v) is 6.91. The van der Waals surface area contributed by atoms with Crippen LogP contribution < -0.4 is 10.5 Å². The lowest BCUT2D eigenvalue weighted by atomic mass is 10.2. The summed E-state index contributed by atoms with van der Waals surface area (Å²) >= 11 is 3.29. The van der Waals surface area contributed by atoms with Gasteiger partial charge in [-0.15, -0.1) is 0 Å². The normalized spacial score (nSPS) is 10.9. The van der Waals surface area contributed by atoms with E-state index in [2.05, 4.69) is 20.7 Å². The fraction of sp³-hybridized carbons (Fsp3) is 0.0714. The van der Waals surface area contributed by atoms with Crippen LogP contribution in [0.3, 0.4) is 0 Å². The van der Waals surface area contributed by atoms with Crippen molar-refractivity contribution in [2.24, 2.45) is 0 Å². The Morgan fingerprint density at radius 1 is 1.29 bits per heavy atom. The van der Waals surface area contributed by atoms with E-state index < -0.39 is 10.0 Å². The summed E-state index contributed by atoms with van der Waals surface area (Å²) in [6, 6.07) is 11.1. The second-order valence-electron chi connectivity index (χ2n) is 4.40. The minimum atomic E-state index is -3.87. The molecule has 0 amide bonds. The summed E-state index contributed by atoms with van der Waals surface area (Å²) in [5.74, 6) is 0. The van der Waals surface area contributed by atoms with Crippen LogP contribution in [0.4, 0.5) is 11.4 Å². The number of hydrogen-bond acceptors (Lipinski definition) is 4. The number of nitrogen functional groups attached to an aromatic ring is 1. The molecule has 0 fully saturated rings. The third-order valence-corrected chi connectivity index (χ3v) is 4.98. The zero-order valence-electron chi connectivity index (χ0n) is 11.1. The van der Waals surface area contributed by atoms with Crippen molar-refractivity contribution in [3.63, 3.8) is 0 Å². The number of sulfonamides is 1. The van der Waals surface area contributed by atoms with Crippen molar-refractivity contribution < 1.29 is 8.42 Å². The molecule has 0 aliphatic heterocycles. The molecule has 0 atom stereocenters. The zero-order chi connectivity index (χ0) is 15.6. The number of nitrogens with one attached hydrogen (secondary N) is 1. The molecule has 0 unspecified atom stereocenters. The number of hydrogen-bond donors (Lipinski definition) is 2. The van der Waals surface area contributed by atoms with Crippen LogP contribution in [0.2, 0.25) is 0 Å². The smallest absolute Gasteiger partial charge is 0.263 e. The molecule has 2 aromatic carbocycles. The first kappa shape index (κ1) is 15.4. The van der Waals surface area contributed by atoms with E-state index in [4.69, 9.17) is 11.0 Å². The number of anilines is 2.